The van der Waals surface area contributed by atoms with Gasteiger partial charge in [-0.2, -0.15) is 0 Å². The summed E-state index contributed by atoms with van der Waals surface area (Å²) in [5.41, 5.74) is 2.62. The summed E-state index contributed by atoms with van der Waals surface area (Å²) < 4.78 is 13.1. The summed E-state index contributed by atoms with van der Waals surface area (Å²) in [5.74, 6) is 0.175. The van der Waals surface area contributed by atoms with Gasteiger partial charge in [-0.15, -0.1) is 0 Å². The molecule has 1 aromatic heterocycles. The molecule has 1 heterocycles. The van der Waals surface area contributed by atoms with Gasteiger partial charge < -0.3 is 5.32 Å². The van der Waals surface area contributed by atoms with E-state index in [4.69, 9.17) is 0 Å². The number of halogens is 1. The zero-order valence-electron chi connectivity index (χ0n) is 10.4. The lowest BCUT2D eigenvalue weighted by atomic mass is 10.1. The van der Waals surface area contributed by atoms with Crippen molar-refractivity contribution in [2.24, 2.45) is 0 Å². The molecule has 19 heavy (non-hydrogen) atoms. The Kier molecular flexibility index (Phi) is 2.83. The van der Waals surface area contributed by atoms with Gasteiger partial charge in [0.1, 0.15) is 5.82 Å². The molecule has 0 amide bonds. The molecule has 1 N–H and O–H groups in total. The Hall–Kier alpha value is -2.49. The average molecular weight is 253 g/mol. The second kappa shape index (κ2) is 4.65. The zero-order valence-corrected chi connectivity index (χ0v) is 10.4. The Morgan fingerprint density at radius 3 is 2.79 bits per heavy atom. The van der Waals surface area contributed by atoms with E-state index in [0.717, 1.165) is 16.5 Å². The summed E-state index contributed by atoms with van der Waals surface area (Å²) in [4.78, 5) is 8.68. The highest BCUT2D eigenvalue weighted by Gasteiger charge is 2.03. The fraction of sp³-hybridized carbons (Fsp3) is 0.0667. The third-order valence-electron chi connectivity index (χ3n) is 2.89. The van der Waals surface area contributed by atoms with Crippen LogP contribution < -0.4 is 5.32 Å². The van der Waals surface area contributed by atoms with E-state index in [1.807, 2.05) is 25.1 Å². The molecule has 0 radical (unpaired) electrons. The van der Waals surface area contributed by atoms with Gasteiger partial charge in [-0.1, -0.05) is 24.3 Å². The van der Waals surface area contributed by atoms with E-state index in [0.29, 0.717) is 11.6 Å². The van der Waals surface area contributed by atoms with Crippen molar-refractivity contribution in [2.45, 2.75) is 6.92 Å². The predicted octanol–water partition coefficient (Wildman–Crippen LogP) is 3.82. The number of benzene rings is 2. The molecule has 94 valence electrons. The minimum Gasteiger partial charge on any atom is -0.324 e. The topological polar surface area (TPSA) is 37.8 Å². The summed E-state index contributed by atoms with van der Waals surface area (Å²) >= 11 is 0. The van der Waals surface area contributed by atoms with Crippen molar-refractivity contribution >= 4 is 22.5 Å². The molecule has 0 fully saturated rings. The van der Waals surface area contributed by atoms with Crippen LogP contribution in [0.15, 0.2) is 48.7 Å². The largest absolute Gasteiger partial charge is 0.324 e. The molecule has 0 atom stereocenters. The molecular weight excluding hydrogens is 241 g/mol. The Balaban J connectivity index is 2.00. The number of anilines is 2. The number of nitrogens with one attached hydrogen (secondary N) is 1. The van der Waals surface area contributed by atoms with Crippen molar-refractivity contribution in [1.29, 1.82) is 0 Å². The smallest absolute Gasteiger partial charge is 0.227 e. The summed E-state index contributed by atoms with van der Waals surface area (Å²) in [7, 11) is 0. The fourth-order valence-corrected chi connectivity index (χ4v) is 1.96. The molecule has 0 bridgehead atoms. The van der Waals surface area contributed by atoms with Crippen LogP contribution in [-0.2, 0) is 0 Å². The van der Waals surface area contributed by atoms with Gasteiger partial charge in [-0.05, 0) is 30.7 Å². The first-order chi connectivity index (χ1) is 9.22. The SMILES string of the molecule is Cc1cccc2cnc(Nc3cccc(F)c3)nc12. The number of nitrogens with zero attached hydrogens (tertiary/aromatic N) is 2. The van der Waals surface area contributed by atoms with Crippen molar-refractivity contribution in [2.75, 3.05) is 5.32 Å². The van der Waals surface area contributed by atoms with Crippen molar-refractivity contribution in [3.63, 3.8) is 0 Å². The van der Waals surface area contributed by atoms with Gasteiger partial charge >= 0.3 is 0 Å². The fourth-order valence-electron chi connectivity index (χ4n) is 1.96. The van der Waals surface area contributed by atoms with E-state index in [1.54, 1.807) is 18.3 Å². The van der Waals surface area contributed by atoms with E-state index in [-0.39, 0.29) is 5.82 Å². The molecule has 0 aliphatic carbocycles. The average Bonchev–Trinajstić information content (AvgIpc) is 2.40. The maximum Gasteiger partial charge on any atom is 0.227 e. The Bertz CT molecular complexity index is 740. The van der Waals surface area contributed by atoms with Crippen molar-refractivity contribution in [3.8, 4) is 0 Å². The van der Waals surface area contributed by atoms with Gasteiger partial charge in [0.25, 0.3) is 0 Å². The van der Waals surface area contributed by atoms with Crippen LogP contribution in [0, 0.1) is 12.7 Å². The second-order valence-electron chi connectivity index (χ2n) is 4.34. The molecule has 0 aliphatic heterocycles. The number of aromatic nitrogens is 2. The molecule has 0 saturated heterocycles. The quantitative estimate of drug-likeness (QED) is 0.754. The van der Waals surface area contributed by atoms with Gasteiger partial charge in [0.2, 0.25) is 5.95 Å². The summed E-state index contributed by atoms with van der Waals surface area (Å²) in [5, 5.41) is 3.99. The van der Waals surface area contributed by atoms with Gasteiger partial charge in [0.05, 0.1) is 5.52 Å². The minimum absolute atomic E-state index is 0.290. The molecule has 3 rings (SSSR count). The van der Waals surface area contributed by atoms with Gasteiger partial charge in [0.15, 0.2) is 0 Å². The molecule has 4 heteroatoms. The van der Waals surface area contributed by atoms with Crippen LogP contribution in [-0.4, -0.2) is 9.97 Å². The number of aryl methyl sites for hydroxylation is 1. The van der Waals surface area contributed by atoms with Crippen LogP contribution in [0.1, 0.15) is 5.56 Å². The highest BCUT2D eigenvalue weighted by Crippen LogP contribution is 2.19. The lowest BCUT2D eigenvalue weighted by Crippen LogP contribution is -1.98. The normalized spacial score (nSPS) is 10.6. The van der Waals surface area contributed by atoms with Crippen LogP contribution in [0.5, 0.6) is 0 Å². The predicted molar refractivity (Wildman–Crippen MR) is 74.0 cm³/mol. The molecule has 0 aliphatic rings. The lowest BCUT2D eigenvalue weighted by molar-refractivity contribution is 0.628. The van der Waals surface area contributed by atoms with Crippen molar-refractivity contribution in [1.82, 2.24) is 9.97 Å². The van der Waals surface area contributed by atoms with Crippen LogP contribution in [0.2, 0.25) is 0 Å². The number of hydrogen-bond acceptors (Lipinski definition) is 3. The third kappa shape index (κ3) is 2.38. The number of rotatable bonds is 2. The number of para-hydroxylation sites is 1. The summed E-state index contributed by atoms with van der Waals surface area (Å²) in [6, 6.07) is 12.2. The monoisotopic (exact) mass is 253 g/mol. The Morgan fingerprint density at radius 1 is 1.11 bits per heavy atom. The van der Waals surface area contributed by atoms with Gasteiger partial charge in [0, 0.05) is 17.3 Å². The molecule has 0 spiro atoms. The van der Waals surface area contributed by atoms with Gasteiger partial charge in [-0.25, -0.2) is 14.4 Å². The van der Waals surface area contributed by atoms with Crippen LogP contribution in [0.3, 0.4) is 0 Å². The minimum atomic E-state index is -0.290. The maximum atomic E-state index is 13.1. The first-order valence-electron chi connectivity index (χ1n) is 5.97. The molecule has 2 aromatic carbocycles. The lowest BCUT2D eigenvalue weighted by Gasteiger charge is -2.06. The molecule has 0 unspecified atom stereocenters. The number of fused-ring (bicyclic) bond motifs is 1. The van der Waals surface area contributed by atoms with E-state index >= 15 is 0 Å². The first-order valence-corrected chi connectivity index (χ1v) is 5.97. The molecule has 0 saturated carbocycles. The van der Waals surface area contributed by atoms with Crippen LogP contribution >= 0.6 is 0 Å². The molecular formula is C15H12FN3. The number of hydrogen-bond donors (Lipinski definition) is 1. The van der Waals surface area contributed by atoms with Crippen LogP contribution in [0.4, 0.5) is 16.0 Å². The van der Waals surface area contributed by atoms with E-state index < -0.39 is 0 Å². The maximum absolute atomic E-state index is 13.1. The van der Waals surface area contributed by atoms with Crippen molar-refractivity contribution < 1.29 is 4.39 Å². The zero-order chi connectivity index (χ0) is 13.2. The van der Waals surface area contributed by atoms with E-state index in [1.165, 1.54) is 12.1 Å². The second-order valence-corrected chi connectivity index (χ2v) is 4.34. The highest BCUT2D eigenvalue weighted by atomic mass is 19.1. The third-order valence-corrected chi connectivity index (χ3v) is 2.89. The molecule has 3 aromatic rings. The van der Waals surface area contributed by atoms with E-state index in [2.05, 4.69) is 15.3 Å². The van der Waals surface area contributed by atoms with E-state index in [9.17, 15) is 4.39 Å². The Morgan fingerprint density at radius 2 is 1.95 bits per heavy atom. The summed E-state index contributed by atoms with van der Waals surface area (Å²) in [6.07, 6.45) is 1.76. The summed E-state index contributed by atoms with van der Waals surface area (Å²) in [6.45, 7) is 2.00. The van der Waals surface area contributed by atoms with Crippen molar-refractivity contribution in [3.05, 3.63) is 60.0 Å². The Labute approximate surface area is 110 Å². The van der Waals surface area contributed by atoms with Crippen LogP contribution in [0.25, 0.3) is 10.9 Å². The molecule has 3 nitrogen and oxygen atoms in total. The first kappa shape index (κ1) is 11.6. The van der Waals surface area contributed by atoms with Gasteiger partial charge in [-0.3, -0.25) is 0 Å². The standard InChI is InChI=1S/C15H12FN3/c1-10-4-2-5-11-9-17-15(19-14(10)11)18-13-7-3-6-12(16)8-13/h2-9H,1H3,(H,17,18,19). The highest BCUT2D eigenvalue weighted by molar-refractivity contribution is 5.82.